The van der Waals surface area contributed by atoms with E-state index in [0.717, 1.165) is 34.7 Å². The summed E-state index contributed by atoms with van der Waals surface area (Å²) in [6.45, 7) is 2.53. The van der Waals surface area contributed by atoms with Gasteiger partial charge in [0, 0.05) is 23.1 Å². The average Bonchev–Trinajstić information content (AvgIpc) is 2.66. The molecule has 0 saturated carbocycles. The SMILES string of the molecule is CCCCN1C(=O)c2cccc3c(-c4ccccc4)ccc(c23)C1=O. The first-order chi connectivity index (χ1) is 12.2. The van der Waals surface area contributed by atoms with Crippen LogP contribution in [0, 0.1) is 0 Å². The van der Waals surface area contributed by atoms with Crippen LogP contribution in [0.25, 0.3) is 21.9 Å². The van der Waals surface area contributed by atoms with Crippen LogP contribution in [0.4, 0.5) is 0 Å². The molecule has 1 heterocycles. The van der Waals surface area contributed by atoms with Gasteiger partial charge >= 0.3 is 0 Å². The minimum atomic E-state index is -0.179. The third-order valence-corrected chi connectivity index (χ3v) is 4.81. The molecular formula is C22H19NO2. The molecule has 1 aliphatic heterocycles. The molecule has 0 unspecified atom stereocenters. The number of unbranched alkanes of at least 4 members (excludes halogenated alkanes) is 1. The van der Waals surface area contributed by atoms with Crippen molar-refractivity contribution in [2.24, 2.45) is 0 Å². The van der Waals surface area contributed by atoms with E-state index in [1.807, 2.05) is 60.7 Å². The van der Waals surface area contributed by atoms with Gasteiger partial charge in [-0.25, -0.2) is 0 Å². The number of rotatable bonds is 4. The molecule has 0 atom stereocenters. The van der Waals surface area contributed by atoms with Crippen LogP contribution in [0.1, 0.15) is 40.5 Å². The molecule has 25 heavy (non-hydrogen) atoms. The molecule has 0 aromatic heterocycles. The monoisotopic (exact) mass is 329 g/mol. The van der Waals surface area contributed by atoms with Crippen LogP contribution >= 0.6 is 0 Å². The van der Waals surface area contributed by atoms with Crippen molar-refractivity contribution in [3.8, 4) is 11.1 Å². The maximum absolute atomic E-state index is 12.9. The van der Waals surface area contributed by atoms with E-state index in [4.69, 9.17) is 0 Å². The Morgan fingerprint density at radius 1 is 0.760 bits per heavy atom. The highest BCUT2D eigenvalue weighted by molar-refractivity contribution is 6.26. The van der Waals surface area contributed by atoms with E-state index in [0.29, 0.717) is 17.7 Å². The Bertz CT molecular complexity index is 954. The highest BCUT2D eigenvalue weighted by Gasteiger charge is 2.32. The molecule has 1 aliphatic rings. The molecule has 0 bridgehead atoms. The Balaban J connectivity index is 1.94. The molecule has 0 aliphatic carbocycles. The normalized spacial score (nSPS) is 13.6. The van der Waals surface area contributed by atoms with Gasteiger partial charge in [0.2, 0.25) is 0 Å². The van der Waals surface area contributed by atoms with Gasteiger partial charge in [0.25, 0.3) is 11.8 Å². The lowest BCUT2D eigenvalue weighted by Crippen LogP contribution is -2.40. The molecule has 0 radical (unpaired) electrons. The molecule has 124 valence electrons. The van der Waals surface area contributed by atoms with Gasteiger partial charge in [0.05, 0.1) is 0 Å². The minimum absolute atomic E-state index is 0.179. The van der Waals surface area contributed by atoms with Gasteiger partial charge in [-0.1, -0.05) is 61.9 Å². The first-order valence-electron chi connectivity index (χ1n) is 8.69. The van der Waals surface area contributed by atoms with Gasteiger partial charge in [0.1, 0.15) is 0 Å². The molecule has 3 nitrogen and oxygen atoms in total. The summed E-state index contributed by atoms with van der Waals surface area (Å²) in [5, 5.41) is 1.74. The smallest absolute Gasteiger partial charge is 0.261 e. The largest absolute Gasteiger partial charge is 0.274 e. The summed E-state index contributed by atoms with van der Waals surface area (Å²) in [6, 6.07) is 19.6. The van der Waals surface area contributed by atoms with Crippen LogP contribution in [0.2, 0.25) is 0 Å². The van der Waals surface area contributed by atoms with Crippen LogP contribution in [0.5, 0.6) is 0 Å². The standard InChI is InChI=1S/C22H19NO2/c1-2-3-14-23-21(24)18-11-7-10-17-16(15-8-5-4-6-9-15)12-13-19(20(17)18)22(23)25/h4-13H,2-3,14H2,1H3. The van der Waals surface area contributed by atoms with Crippen LogP contribution in [0.15, 0.2) is 60.7 Å². The first kappa shape index (κ1) is 15.6. The number of nitrogens with zero attached hydrogens (tertiary/aromatic N) is 1. The van der Waals surface area contributed by atoms with E-state index in [-0.39, 0.29) is 11.8 Å². The van der Waals surface area contributed by atoms with E-state index in [9.17, 15) is 9.59 Å². The summed E-state index contributed by atoms with van der Waals surface area (Å²) < 4.78 is 0. The first-order valence-corrected chi connectivity index (χ1v) is 8.69. The minimum Gasteiger partial charge on any atom is -0.274 e. The summed E-state index contributed by atoms with van der Waals surface area (Å²) >= 11 is 0. The van der Waals surface area contributed by atoms with Crippen molar-refractivity contribution in [3.05, 3.63) is 71.8 Å². The summed E-state index contributed by atoms with van der Waals surface area (Å²) in [7, 11) is 0. The maximum Gasteiger partial charge on any atom is 0.261 e. The summed E-state index contributed by atoms with van der Waals surface area (Å²) in [6.07, 6.45) is 1.77. The summed E-state index contributed by atoms with van der Waals surface area (Å²) in [5.74, 6) is -0.358. The molecule has 4 rings (SSSR count). The van der Waals surface area contributed by atoms with Gasteiger partial charge in [-0.15, -0.1) is 0 Å². The molecule has 3 aromatic rings. The van der Waals surface area contributed by atoms with Crippen molar-refractivity contribution < 1.29 is 9.59 Å². The number of imide groups is 1. The van der Waals surface area contributed by atoms with Crippen molar-refractivity contribution >= 4 is 22.6 Å². The van der Waals surface area contributed by atoms with Crippen LogP contribution in [-0.2, 0) is 0 Å². The van der Waals surface area contributed by atoms with Crippen molar-refractivity contribution in [2.45, 2.75) is 19.8 Å². The van der Waals surface area contributed by atoms with Gasteiger partial charge in [-0.05, 0) is 35.1 Å². The van der Waals surface area contributed by atoms with Crippen LogP contribution in [0.3, 0.4) is 0 Å². The lowest BCUT2D eigenvalue weighted by molar-refractivity contribution is 0.0608. The summed E-state index contributed by atoms with van der Waals surface area (Å²) in [5.41, 5.74) is 3.38. The summed E-state index contributed by atoms with van der Waals surface area (Å²) in [4.78, 5) is 27.1. The lowest BCUT2D eigenvalue weighted by Gasteiger charge is -2.27. The molecule has 0 saturated heterocycles. The van der Waals surface area contributed by atoms with Crippen LogP contribution in [-0.4, -0.2) is 23.3 Å². The van der Waals surface area contributed by atoms with Gasteiger partial charge in [-0.3, -0.25) is 14.5 Å². The number of amides is 2. The molecular weight excluding hydrogens is 310 g/mol. The molecule has 2 amide bonds. The highest BCUT2D eigenvalue weighted by atomic mass is 16.2. The predicted molar refractivity (Wildman–Crippen MR) is 99.7 cm³/mol. The van der Waals surface area contributed by atoms with Gasteiger partial charge < -0.3 is 0 Å². The van der Waals surface area contributed by atoms with Crippen molar-refractivity contribution in [1.29, 1.82) is 0 Å². The Labute approximate surface area is 146 Å². The highest BCUT2D eigenvalue weighted by Crippen LogP contribution is 2.36. The topological polar surface area (TPSA) is 37.4 Å². The van der Waals surface area contributed by atoms with Crippen molar-refractivity contribution in [2.75, 3.05) is 6.54 Å². The van der Waals surface area contributed by atoms with Crippen molar-refractivity contribution in [3.63, 3.8) is 0 Å². The van der Waals surface area contributed by atoms with Crippen molar-refractivity contribution in [1.82, 2.24) is 4.90 Å². The Kier molecular flexibility index (Phi) is 3.85. The zero-order valence-electron chi connectivity index (χ0n) is 14.2. The van der Waals surface area contributed by atoms with Crippen LogP contribution < -0.4 is 0 Å². The van der Waals surface area contributed by atoms with E-state index >= 15 is 0 Å². The number of carbonyl (C=O) groups is 2. The zero-order chi connectivity index (χ0) is 17.4. The lowest BCUT2D eigenvalue weighted by atomic mass is 9.89. The molecule has 0 fully saturated rings. The van der Waals surface area contributed by atoms with Gasteiger partial charge in [0.15, 0.2) is 0 Å². The molecule has 0 spiro atoms. The third-order valence-electron chi connectivity index (χ3n) is 4.81. The van der Waals surface area contributed by atoms with Gasteiger partial charge in [-0.2, -0.15) is 0 Å². The second-order valence-electron chi connectivity index (χ2n) is 6.37. The fourth-order valence-corrected chi connectivity index (χ4v) is 3.53. The number of hydrogen-bond donors (Lipinski definition) is 0. The average molecular weight is 329 g/mol. The fraction of sp³-hybridized carbons (Fsp3) is 0.182. The Morgan fingerprint density at radius 3 is 2.16 bits per heavy atom. The quantitative estimate of drug-likeness (QED) is 0.638. The number of hydrogen-bond acceptors (Lipinski definition) is 2. The second kappa shape index (κ2) is 6.17. The maximum atomic E-state index is 12.9. The zero-order valence-corrected chi connectivity index (χ0v) is 14.2. The van der Waals surface area contributed by atoms with E-state index in [1.165, 1.54) is 4.90 Å². The number of benzene rings is 3. The predicted octanol–water partition coefficient (Wildman–Crippen LogP) is 4.90. The molecule has 3 aromatic carbocycles. The van der Waals surface area contributed by atoms with E-state index < -0.39 is 0 Å². The second-order valence-corrected chi connectivity index (χ2v) is 6.37. The molecule has 0 N–H and O–H groups in total. The Hall–Kier alpha value is -2.94. The number of carbonyl (C=O) groups excluding carboxylic acids is 2. The fourth-order valence-electron chi connectivity index (χ4n) is 3.53. The van der Waals surface area contributed by atoms with E-state index in [2.05, 4.69) is 6.92 Å². The van der Waals surface area contributed by atoms with E-state index in [1.54, 1.807) is 0 Å². The Morgan fingerprint density at radius 2 is 1.44 bits per heavy atom. The molecule has 3 heteroatoms. The third kappa shape index (κ3) is 2.43.